The van der Waals surface area contributed by atoms with Crippen molar-refractivity contribution < 1.29 is 13.2 Å². The summed E-state index contributed by atoms with van der Waals surface area (Å²) in [5, 5.41) is 0.359. The molecule has 0 N–H and O–H groups in total. The summed E-state index contributed by atoms with van der Waals surface area (Å²) in [6.45, 7) is 6.40. The average Bonchev–Trinajstić information content (AvgIpc) is 2.49. The van der Waals surface area contributed by atoms with Gasteiger partial charge in [0.1, 0.15) is 16.8 Å². The molecule has 8 heteroatoms. The predicted molar refractivity (Wildman–Crippen MR) is 85.2 cm³/mol. The molecule has 0 radical (unpaired) electrons. The number of hydrogen-bond donors (Lipinski definition) is 0. The van der Waals surface area contributed by atoms with E-state index in [0.717, 1.165) is 11.8 Å². The van der Waals surface area contributed by atoms with Gasteiger partial charge >= 0.3 is 6.18 Å². The molecule has 2 aromatic rings. The highest BCUT2D eigenvalue weighted by Crippen LogP contribution is 2.35. The molecule has 1 unspecified atom stereocenters. The van der Waals surface area contributed by atoms with Crippen molar-refractivity contribution in [1.29, 1.82) is 0 Å². The van der Waals surface area contributed by atoms with Crippen molar-refractivity contribution in [2.45, 2.75) is 39.4 Å². The molecule has 24 heavy (non-hydrogen) atoms. The van der Waals surface area contributed by atoms with Crippen LogP contribution in [0.2, 0.25) is 5.15 Å². The highest BCUT2D eigenvalue weighted by molar-refractivity contribution is 6.30. The van der Waals surface area contributed by atoms with E-state index >= 15 is 0 Å². The summed E-state index contributed by atoms with van der Waals surface area (Å²) in [5.74, 6) is 1.17. The van der Waals surface area contributed by atoms with Crippen molar-refractivity contribution in [2.24, 2.45) is 0 Å². The molecule has 0 spiro atoms. The standard InChI is InChI=1S/C16H16ClF3N4/c1-8-6-24(15-9(2)14(17)22-10(3)23-15)7-11-4-12(16(18,19)20)5-21-13(8)11/h4-5,8H,6-7H2,1-3H3. The number of halogens is 4. The molecule has 0 aromatic carbocycles. The fraction of sp³-hybridized carbons (Fsp3) is 0.438. The fourth-order valence-electron chi connectivity index (χ4n) is 2.98. The van der Waals surface area contributed by atoms with Gasteiger partial charge in [-0.05, 0) is 25.5 Å². The second-order valence-corrected chi connectivity index (χ2v) is 6.42. The molecule has 2 aromatic heterocycles. The van der Waals surface area contributed by atoms with Gasteiger partial charge in [0.25, 0.3) is 0 Å². The number of hydrogen-bond acceptors (Lipinski definition) is 4. The molecule has 1 aliphatic rings. The predicted octanol–water partition coefficient (Wildman–Crippen LogP) is 4.28. The Morgan fingerprint density at radius 2 is 1.96 bits per heavy atom. The number of pyridine rings is 1. The summed E-state index contributed by atoms with van der Waals surface area (Å²) < 4.78 is 38.9. The van der Waals surface area contributed by atoms with Gasteiger partial charge in [0.2, 0.25) is 0 Å². The molecular weight excluding hydrogens is 341 g/mol. The minimum atomic E-state index is -4.40. The number of rotatable bonds is 1. The number of alkyl halides is 3. The first-order valence-corrected chi connectivity index (χ1v) is 7.86. The fourth-order valence-corrected chi connectivity index (χ4v) is 3.19. The van der Waals surface area contributed by atoms with E-state index in [0.29, 0.717) is 41.1 Å². The van der Waals surface area contributed by atoms with E-state index in [-0.39, 0.29) is 5.92 Å². The highest BCUT2D eigenvalue weighted by Gasteiger charge is 2.34. The molecule has 0 aliphatic carbocycles. The summed E-state index contributed by atoms with van der Waals surface area (Å²) in [4.78, 5) is 14.5. The number of aryl methyl sites for hydroxylation is 1. The van der Waals surface area contributed by atoms with Crippen LogP contribution in [0.15, 0.2) is 12.3 Å². The maximum absolute atomic E-state index is 13.0. The summed E-state index contributed by atoms with van der Waals surface area (Å²) in [5.41, 5.74) is 1.26. The molecular formula is C16H16ClF3N4. The molecule has 128 valence electrons. The smallest absolute Gasteiger partial charge is 0.351 e. The van der Waals surface area contributed by atoms with Crippen LogP contribution in [0.5, 0.6) is 0 Å². The first-order chi connectivity index (χ1) is 11.2. The third kappa shape index (κ3) is 3.05. The van der Waals surface area contributed by atoms with Crippen LogP contribution in [0.1, 0.15) is 41.1 Å². The normalized spacial score (nSPS) is 17.8. The quantitative estimate of drug-likeness (QED) is 0.715. The summed E-state index contributed by atoms with van der Waals surface area (Å²) >= 11 is 6.12. The van der Waals surface area contributed by atoms with Gasteiger partial charge in [-0.3, -0.25) is 4.98 Å². The van der Waals surface area contributed by atoms with Crippen molar-refractivity contribution in [3.63, 3.8) is 0 Å². The van der Waals surface area contributed by atoms with Crippen LogP contribution in [0.25, 0.3) is 0 Å². The second kappa shape index (κ2) is 5.88. The zero-order valence-electron chi connectivity index (χ0n) is 13.4. The van der Waals surface area contributed by atoms with E-state index in [4.69, 9.17) is 11.6 Å². The minimum absolute atomic E-state index is 0.00974. The Morgan fingerprint density at radius 1 is 1.25 bits per heavy atom. The van der Waals surface area contributed by atoms with Gasteiger partial charge in [-0.2, -0.15) is 13.2 Å². The SMILES string of the molecule is Cc1nc(Cl)c(C)c(N2Cc3cc(C(F)(F)F)cnc3C(C)C2)n1. The Labute approximate surface area is 142 Å². The number of fused-ring (bicyclic) bond motifs is 1. The summed E-state index contributed by atoms with van der Waals surface area (Å²) in [6, 6.07) is 1.18. The van der Waals surface area contributed by atoms with E-state index in [9.17, 15) is 13.2 Å². The Hall–Kier alpha value is -1.89. The van der Waals surface area contributed by atoms with Gasteiger partial charge in [0, 0.05) is 36.5 Å². The van der Waals surface area contributed by atoms with Crippen molar-refractivity contribution in [2.75, 3.05) is 11.4 Å². The second-order valence-electron chi connectivity index (χ2n) is 6.06. The average molecular weight is 357 g/mol. The molecule has 0 fully saturated rings. The Kier molecular flexibility index (Phi) is 4.15. The molecule has 4 nitrogen and oxygen atoms in total. The van der Waals surface area contributed by atoms with Crippen LogP contribution in [0.3, 0.4) is 0 Å². The lowest BCUT2D eigenvalue weighted by atomic mass is 9.95. The van der Waals surface area contributed by atoms with Crippen molar-refractivity contribution in [3.05, 3.63) is 45.6 Å². The van der Waals surface area contributed by atoms with Crippen molar-refractivity contribution >= 4 is 17.4 Å². The zero-order valence-corrected chi connectivity index (χ0v) is 14.2. The van der Waals surface area contributed by atoms with Crippen LogP contribution < -0.4 is 4.90 Å². The van der Waals surface area contributed by atoms with E-state index < -0.39 is 11.7 Å². The topological polar surface area (TPSA) is 41.9 Å². The number of aromatic nitrogens is 3. The Morgan fingerprint density at radius 3 is 2.62 bits per heavy atom. The van der Waals surface area contributed by atoms with Crippen LogP contribution in [0, 0.1) is 13.8 Å². The molecule has 1 atom stereocenters. The first kappa shape index (κ1) is 17.0. The molecule has 0 amide bonds. The minimum Gasteiger partial charge on any atom is -0.351 e. The molecule has 0 bridgehead atoms. The Balaban J connectivity index is 2.02. The van der Waals surface area contributed by atoms with Crippen LogP contribution in [-0.4, -0.2) is 21.5 Å². The summed E-state index contributed by atoms with van der Waals surface area (Å²) in [6.07, 6.45) is -3.50. The third-order valence-corrected chi connectivity index (χ3v) is 4.49. The number of nitrogens with zero attached hydrogens (tertiary/aromatic N) is 4. The van der Waals surface area contributed by atoms with Crippen LogP contribution >= 0.6 is 11.6 Å². The zero-order chi connectivity index (χ0) is 17.6. The maximum Gasteiger partial charge on any atom is 0.417 e. The summed E-state index contributed by atoms with van der Waals surface area (Å²) in [7, 11) is 0. The largest absolute Gasteiger partial charge is 0.417 e. The van der Waals surface area contributed by atoms with Gasteiger partial charge in [-0.15, -0.1) is 0 Å². The maximum atomic E-state index is 13.0. The van der Waals surface area contributed by atoms with Gasteiger partial charge in [-0.25, -0.2) is 9.97 Å². The van der Waals surface area contributed by atoms with Crippen LogP contribution in [-0.2, 0) is 12.7 Å². The Bertz CT molecular complexity index is 792. The lowest BCUT2D eigenvalue weighted by molar-refractivity contribution is -0.137. The van der Waals surface area contributed by atoms with Gasteiger partial charge < -0.3 is 4.90 Å². The van der Waals surface area contributed by atoms with E-state index in [2.05, 4.69) is 15.0 Å². The molecule has 0 saturated heterocycles. The van der Waals surface area contributed by atoms with Gasteiger partial charge in [-0.1, -0.05) is 18.5 Å². The van der Waals surface area contributed by atoms with Crippen molar-refractivity contribution in [3.8, 4) is 0 Å². The monoisotopic (exact) mass is 356 g/mol. The van der Waals surface area contributed by atoms with Gasteiger partial charge in [0.15, 0.2) is 0 Å². The first-order valence-electron chi connectivity index (χ1n) is 7.48. The molecule has 3 rings (SSSR count). The van der Waals surface area contributed by atoms with Gasteiger partial charge in [0.05, 0.1) is 5.56 Å². The number of anilines is 1. The van der Waals surface area contributed by atoms with E-state index in [1.165, 1.54) is 6.07 Å². The molecule has 0 saturated carbocycles. The van der Waals surface area contributed by atoms with Crippen molar-refractivity contribution in [1.82, 2.24) is 15.0 Å². The van der Waals surface area contributed by atoms with E-state index in [1.807, 2.05) is 18.7 Å². The van der Waals surface area contributed by atoms with Crippen LogP contribution in [0.4, 0.5) is 19.0 Å². The lowest BCUT2D eigenvalue weighted by Crippen LogP contribution is -2.35. The lowest BCUT2D eigenvalue weighted by Gasteiger charge is -2.34. The highest BCUT2D eigenvalue weighted by atomic mass is 35.5. The van der Waals surface area contributed by atoms with E-state index in [1.54, 1.807) is 6.92 Å². The third-order valence-electron chi connectivity index (χ3n) is 4.12. The molecule has 1 aliphatic heterocycles. The molecule has 3 heterocycles.